The maximum Gasteiger partial charge on any atom is 0.257 e. The molecule has 2 saturated heterocycles. The van der Waals surface area contributed by atoms with Crippen LogP contribution >= 0.6 is 0 Å². The van der Waals surface area contributed by atoms with Gasteiger partial charge in [0.1, 0.15) is 0 Å². The number of rotatable bonds is 2. The van der Waals surface area contributed by atoms with E-state index >= 15 is 0 Å². The van der Waals surface area contributed by atoms with Crippen LogP contribution in [0.25, 0.3) is 5.69 Å². The van der Waals surface area contributed by atoms with Crippen LogP contribution in [0.1, 0.15) is 10.4 Å². The van der Waals surface area contributed by atoms with Gasteiger partial charge in [0.05, 0.1) is 35.0 Å². The van der Waals surface area contributed by atoms with Gasteiger partial charge in [-0.1, -0.05) is 18.2 Å². The number of hydrogen-bond acceptors (Lipinski definition) is 5. The molecule has 0 radical (unpaired) electrons. The molecule has 2 aliphatic heterocycles. The number of amides is 1. The third-order valence-corrected chi connectivity index (χ3v) is 6.76. The Labute approximate surface area is 146 Å². The second kappa shape index (κ2) is 5.96. The van der Waals surface area contributed by atoms with E-state index in [1.54, 1.807) is 22.0 Å². The SMILES string of the molecule is CN1CCN(C(=O)c2cnn(-c3ccccc3)c2)[C@@H]2CS(=O)(=O)C[C@@H]21. The standard InChI is InChI=1S/C17H20N4O3S/c1-19-7-8-20(16-12-25(23,24)11-15(16)19)17(22)13-9-18-21(10-13)14-5-3-2-4-6-14/h2-6,9-10,15-16H,7-8,11-12H2,1H3/t15-,16+/m0/s1. The van der Waals surface area contributed by atoms with Gasteiger partial charge in [-0.25, -0.2) is 13.1 Å². The summed E-state index contributed by atoms with van der Waals surface area (Å²) in [5.41, 5.74) is 1.36. The van der Waals surface area contributed by atoms with Gasteiger partial charge in [0.15, 0.2) is 9.84 Å². The van der Waals surface area contributed by atoms with Crippen molar-refractivity contribution in [2.45, 2.75) is 12.1 Å². The number of aromatic nitrogens is 2. The number of benzene rings is 1. The van der Waals surface area contributed by atoms with Crippen LogP contribution in [0.5, 0.6) is 0 Å². The zero-order valence-electron chi connectivity index (χ0n) is 13.9. The minimum absolute atomic E-state index is 0.0422. The fraction of sp³-hybridized carbons (Fsp3) is 0.412. The van der Waals surface area contributed by atoms with Crippen molar-refractivity contribution >= 4 is 15.7 Å². The van der Waals surface area contributed by atoms with Crippen molar-refractivity contribution in [3.8, 4) is 5.69 Å². The number of fused-ring (bicyclic) bond motifs is 1. The van der Waals surface area contributed by atoms with Crippen LogP contribution in [-0.4, -0.2) is 77.6 Å². The van der Waals surface area contributed by atoms with Crippen molar-refractivity contribution in [3.63, 3.8) is 0 Å². The maximum absolute atomic E-state index is 13.0. The number of carbonyl (C=O) groups is 1. The van der Waals surface area contributed by atoms with Gasteiger partial charge >= 0.3 is 0 Å². The molecule has 0 spiro atoms. The van der Waals surface area contributed by atoms with Crippen LogP contribution < -0.4 is 0 Å². The number of hydrogen-bond donors (Lipinski definition) is 0. The van der Waals surface area contributed by atoms with Crippen molar-refractivity contribution in [1.29, 1.82) is 0 Å². The number of carbonyl (C=O) groups excluding carboxylic acids is 1. The van der Waals surface area contributed by atoms with E-state index in [4.69, 9.17) is 0 Å². The molecule has 1 aromatic carbocycles. The first kappa shape index (κ1) is 16.3. The third kappa shape index (κ3) is 2.96. The van der Waals surface area contributed by atoms with Gasteiger partial charge in [0, 0.05) is 25.3 Å². The number of sulfone groups is 1. The van der Waals surface area contributed by atoms with E-state index in [-0.39, 0.29) is 29.5 Å². The van der Waals surface area contributed by atoms with Crippen LogP contribution in [-0.2, 0) is 9.84 Å². The molecule has 8 heteroatoms. The Morgan fingerprint density at radius 2 is 1.84 bits per heavy atom. The predicted octanol–water partition coefficient (Wildman–Crippen LogP) is 0.425. The molecule has 1 aromatic heterocycles. The summed E-state index contributed by atoms with van der Waals surface area (Å²) in [7, 11) is -1.18. The molecule has 132 valence electrons. The van der Waals surface area contributed by atoms with Gasteiger partial charge in [0.25, 0.3) is 5.91 Å². The zero-order valence-corrected chi connectivity index (χ0v) is 14.8. The third-order valence-electron chi connectivity index (χ3n) is 5.06. The van der Waals surface area contributed by atoms with Crippen LogP contribution in [0.4, 0.5) is 0 Å². The largest absolute Gasteiger partial charge is 0.332 e. The first-order valence-electron chi connectivity index (χ1n) is 8.26. The molecule has 25 heavy (non-hydrogen) atoms. The second-order valence-electron chi connectivity index (χ2n) is 6.70. The highest BCUT2D eigenvalue weighted by molar-refractivity contribution is 7.91. The Morgan fingerprint density at radius 1 is 1.12 bits per heavy atom. The molecular weight excluding hydrogens is 340 g/mol. The summed E-state index contributed by atoms with van der Waals surface area (Å²) < 4.78 is 25.8. The topological polar surface area (TPSA) is 75.5 Å². The molecule has 2 aliphatic rings. The van der Waals surface area contributed by atoms with Crippen molar-refractivity contribution in [3.05, 3.63) is 48.3 Å². The summed E-state index contributed by atoms with van der Waals surface area (Å²) in [5, 5.41) is 4.27. The predicted molar refractivity (Wildman–Crippen MR) is 93.5 cm³/mol. The lowest BCUT2D eigenvalue weighted by atomic mass is 10.0. The van der Waals surface area contributed by atoms with E-state index in [1.807, 2.05) is 42.3 Å². The normalized spacial score (nSPS) is 25.7. The minimum atomic E-state index is -3.10. The fourth-order valence-electron chi connectivity index (χ4n) is 3.70. The molecule has 0 aliphatic carbocycles. The molecule has 0 saturated carbocycles. The maximum atomic E-state index is 13.0. The quantitative estimate of drug-likeness (QED) is 0.776. The Balaban J connectivity index is 1.60. The summed E-state index contributed by atoms with van der Waals surface area (Å²) in [5.74, 6) is 0.0179. The lowest BCUT2D eigenvalue weighted by Crippen LogP contribution is -2.59. The van der Waals surface area contributed by atoms with Gasteiger partial charge in [-0.15, -0.1) is 0 Å². The van der Waals surface area contributed by atoms with Crippen molar-refractivity contribution in [2.24, 2.45) is 0 Å². The summed E-state index contributed by atoms with van der Waals surface area (Å²) in [6.07, 6.45) is 3.25. The van der Waals surface area contributed by atoms with E-state index in [9.17, 15) is 13.2 Å². The Bertz CT molecular complexity index is 894. The number of likely N-dealkylation sites (N-methyl/N-ethyl adjacent to an activating group) is 1. The minimum Gasteiger partial charge on any atom is -0.332 e. The molecule has 1 amide bonds. The molecule has 0 unspecified atom stereocenters. The molecule has 2 aromatic rings. The van der Waals surface area contributed by atoms with Gasteiger partial charge in [0.2, 0.25) is 0 Å². The molecule has 4 rings (SSSR count). The van der Waals surface area contributed by atoms with E-state index in [0.717, 1.165) is 5.69 Å². The average molecular weight is 360 g/mol. The van der Waals surface area contributed by atoms with E-state index < -0.39 is 9.84 Å². The highest BCUT2D eigenvalue weighted by atomic mass is 32.2. The van der Waals surface area contributed by atoms with Crippen LogP contribution in [0.15, 0.2) is 42.7 Å². The number of nitrogens with zero attached hydrogens (tertiary/aromatic N) is 4. The van der Waals surface area contributed by atoms with Crippen molar-refractivity contribution in [2.75, 3.05) is 31.6 Å². The van der Waals surface area contributed by atoms with Crippen LogP contribution in [0, 0.1) is 0 Å². The summed E-state index contributed by atoms with van der Waals surface area (Å²) in [6, 6.07) is 9.17. The Hall–Kier alpha value is -2.19. The van der Waals surface area contributed by atoms with E-state index in [1.165, 1.54) is 0 Å². The van der Waals surface area contributed by atoms with E-state index in [0.29, 0.717) is 18.7 Å². The second-order valence-corrected chi connectivity index (χ2v) is 8.85. The van der Waals surface area contributed by atoms with Crippen LogP contribution in [0.3, 0.4) is 0 Å². The molecule has 0 N–H and O–H groups in total. The zero-order chi connectivity index (χ0) is 17.6. The molecule has 0 bridgehead atoms. The first-order chi connectivity index (χ1) is 11.9. The fourth-order valence-corrected chi connectivity index (χ4v) is 5.75. The monoisotopic (exact) mass is 360 g/mol. The summed E-state index contributed by atoms with van der Waals surface area (Å²) in [4.78, 5) is 16.7. The number of piperazine rings is 1. The number of para-hydroxylation sites is 1. The van der Waals surface area contributed by atoms with Crippen molar-refractivity contribution in [1.82, 2.24) is 19.6 Å². The highest BCUT2D eigenvalue weighted by Crippen LogP contribution is 2.27. The molecule has 3 heterocycles. The summed E-state index contributed by atoms with van der Waals surface area (Å²) >= 11 is 0. The molecular formula is C17H20N4O3S. The van der Waals surface area contributed by atoms with Gasteiger partial charge in [-0.2, -0.15) is 5.10 Å². The molecule has 2 atom stereocenters. The smallest absolute Gasteiger partial charge is 0.257 e. The average Bonchev–Trinajstić information content (AvgIpc) is 3.20. The van der Waals surface area contributed by atoms with Crippen LogP contribution in [0.2, 0.25) is 0 Å². The Kier molecular flexibility index (Phi) is 3.88. The summed E-state index contributed by atoms with van der Waals surface area (Å²) in [6.45, 7) is 1.21. The molecule has 2 fully saturated rings. The first-order valence-corrected chi connectivity index (χ1v) is 10.1. The van der Waals surface area contributed by atoms with Gasteiger partial charge < -0.3 is 4.90 Å². The lowest BCUT2D eigenvalue weighted by molar-refractivity contribution is 0.0410. The van der Waals surface area contributed by atoms with Gasteiger partial charge in [-0.05, 0) is 19.2 Å². The lowest BCUT2D eigenvalue weighted by Gasteiger charge is -2.42. The Morgan fingerprint density at radius 3 is 2.60 bits per heavy atom. The van der Waals surface area contributed by atoms with Crippen molar-refractivity contribution < 1.29 is 13.2 Å². The highest BCUT2D eigenvalue weighted by Gasteiger charge is 2.47. The molecule has 7 nitrogen and oxygen atoms in total. The van der Waals surface area contributed by atoms with Gasteiger partial charge in [-0.3, -0.25) is 9.69 Å². The van der Waals surface area contributed by atoms with E-state index in [2.05, 4.69) is 5.10 Å².